The molecule has 0 spiro atoms. The summed E-state index contributed by atoms with van der Waals surface area (Å²) in [7, 11) is 0. The van der Waals surface area contributed by atoms with Gasteiger partial charge in [-0.3, -0.25) is 19.0 Å². The van der Waals surface area contributed by atoms with Crippen molar-refractivity contribution in [2.45, 2.75) is 32.9 Å². The second-order valence-corrected chi connectivity index (χ2v) is 7.82. The third kappa shape index (κ3) is 5.21. The number of nitrogens with zero attached hydrogens (tertiary/aromatic N) is 1. The molecule has 0 aliphatic rings. The fraction of sp³-hybridized carbons (Fsp3) is 0.227. The van der Waals surface area contributed by atoms with Crippen molar-refractivity contribution in [1.29, 1.82) is 0 Å². The Morgan fingerprint density at radius 3 is 2.63 bits per heavy atom. The summed E-state index contributed by atoms with van der Waals surface area (Å²) in [5, 5.41) is 2.82. The summed E-state index contributed by atoms with van der Waals surface area (Å²) in [6.07, 6.45) is 5.02. The molecule has 0 aliphatic heterocycles. The summed E-state index contributed by atoms with van der Waals surface area (Å²) in [5.41, 5.74) is 0.233. The van der Waals surface area contributed by atoms with Crippen LogP contribution in [0.2, 0.25) is 0 Å². The van der Waals surface area contributed by atoms with E-state index in [0.29, 0.717) is 14.8 Å². The highest BCUT2D eigenvalue weighted by Crippen LogP contribution is 2.04. The number of thiazole rings is 1. The van der Waals surface area contributed by atoms with Crippen LogP contribution >= 0.6 is 11.3 Å². The molecule has 1 N–H and O–H groups in total. The molecular formula is C22H21FN2O4S. The molecule has 6 nitrogen and oxygen atoms in total. The topological polar surface area (TPSA) is 81.3 Å². The minimum absolute atomic E-state index is 0.0331. The second kappa shape index (κ2) is 9.49. The molecule has 1 atom stereocenters. The molecule has 0 bridgehead atoms. The smallest absolute Gasteiger partial charge is 0.269 e. The Morgan fingerprint density at radius 2 is 2.00 bits per heavy atom. The number of rotatable bonds is 7. The largest absolute Gasteiger partial charge is 0.461 e. The van der Waals surface area contributed by atoms with Crippen molar-refractivity contribution in [3.63, 3.8) is 0 Å². The highest BCUT2D eigenvalue weighted by Gasteiger charge is 2.13. The molecule has 156 valence electrons. The van der Waals surface area contributed by atoms with Gasteiger partial charge < -0.3 is 9.73 Å². The fourth-order valence-corrected chi connectivity index (χ4v) is 3.71. The molecule has 30 heavy (non-hydrogen) atoms. The maximum Gasteiger partial charge on any atom is 0.269 e. The first-order chi connectivity index (χ1) is 14.4. The van der Waals surface area contributed by atoms with Crippen LogP contribution in [0.1, 0.15) is 36.4 Å². The van der Waals surface area contributed by atoms with Gasteiger partial charge in [-0.25, -0.2) is 4.39 Å². The van der Waals surface area contributed by atoms with E-state index in [0.717, 1.165) is 17.8 Å². The van der Waals surface area contributed by atoms with E-state index in [9.17, 15) is 18.8 Å². The average molecular weight is 428 g/mol. The van der Waals surface area contributed by atoms with E-state index in [2.05, 4.69) is 5.32 Å². The first-order valence-corrected chi connectivity index (χ1v) is 10.2. The normalized spacial score (nSPS) is 13.4. The van der Waals surface area contributed by atoms with E-state index >= 15 is 0 Å². The maximum absolute atomic E-state index is 13.2. The third-order valence-corrected chi connectivity index (χ3v) is 5.50. The molecule has 0 aliphatic carbocycles. The lowest BCUT2D eigenvalue weighted by molar-refractivity contribution is -0.122. The number of hydrogen-bond acceptors (Lipinski definition) is 5. The van der Waals surface area contributed by atoms with Crippen molar-refractivity contribution in [2.75, 3.05) is 0 Å². The molecule has 2 heterocycles. The number of benzene rings is 1. The van der Waals surface area contributed by atoms with Gasteiger partial charge in [-0.2, -0.15) is 0 Å². The summed E-state index contributed by atoms with van der Waals surface area (Å²) < 4.78 is 20.2. The van der Waals surface area contributed by atoms with E-state index in [-0.39, 0.29) is 30.1 Å². The van der Waals surface area contributed by atoms with Crippen LogP contribution in [0.4, 0.5) is 4.39 Å². The minimum Gasteiger partial charge on any atom is -0.461 e. The van der Waals surface area contributed by atoms with Crippen molar-refractivity contribution in [2.24, 2.45) is 0 Å². The SMILES string of the molecule is CCC(C)NC(=O)Cn1c(=O)/c(=C/c2ccc(F)cc2)s/c1=C/C(=O)c1ccco1. The van der Waals surface area contributed by atoms with Gasteiger partial charge in [0.05, 0.1) is 10.8 Å². The standard InChI is InChI=1S/C22H21FN2O4S/c1-3-14(2)24-20(27)13-25-21(12-17(26)18-5-4-10-29-18)30-19(22(25)28)11-15-6-8-16(23)9-7-15/h4-12,14H,3,13H2,1-2H3,(H,24,27)/b19-11-,21-12+. The molecule has 0 saturated carbocycles. The van der Waals surface area contributed by atoms with E-state index in [4.69, 9.17) is 4.42 Å². The number of ketones is 1. The van der Waals surface area contributed by atoms with Crippen molar-refractivity contribution in [3.8, 4) is 0 Å². The van der Waals surface area contributed by atoms with Crippen molar-refractivity contribution >= 4 is 35.2 Å². The molecule has 1 unspecified atom stereocenters. The number of Topliss-reactive ketones (excluding diaryl/α,β-unsaturated/α-hetero) is 1. The van der Waals surface area contributed by atoms with Crippen LogP contribution in [0.5, 0.6) is 0 Å². The number of amides is 1. The molecule has 8 heteroatoms. The Kier molecular flexibility index (Phi) is 6.79. The van der Waals surface area contributed by atoms with Gasteiger partial charge >= 0.3 is 0 Å². The van der Waals surface area contributed by atoms with E-state index in [1.54, 1.807) is 24.3 Å². The molecule has 0 saturated heterocycles. The summed E-state index contributed by atoms with van der Waals surface area (Å²) >= 11 is 1.08. The number of aromatic nitrogens is 1. The summed E-state index contributed by atoms with van der Waals surface area (Å²) in [4.78, 5) is 37.8. The molecule has 0 fully saturated rings. The number of halogens is 1. The Balaban J connectivity index is 2.07. The third-order valence-electron chi connectivity index (χ3n) is 4.44. The van der Waals surface area contributed by atoms with Crippen LogP contribution in [-0.2, 0) is 11.3 Å². The van der Waals surface area contributed by atoms with Gasteiger partial charge in [-0.05, 0) is 49.2 Å². The van der Waals surface area contributed by atoms with Crippen molar-refractivity contribution in [3.05, 3.63) is 79.4 Å². The van der Waals surface area contributed by atoms with Gasteiger partial charge in [0.2, 0.25) is 11.7 Å². The summed E-state index contributed by atoms with van der Waals surface area (Å²) in [6, 6.07) is 8.77. The van der Waals surface area contributed by atoms with Gasteiger partial charge in [0.15, 0.2) is 5.76 Å². The Hall–Kier alpha value is -3.26. The van der Waals surface area contributed by atoms with Crippen LogP contribution in [0, 0.1) is 5.82 Å². The molecule has 1 amide bonds. The van der Waals surface area contributed by atoms with Crippen LogP contribution < -0.4 is 20.1 Å². The highest BCUT2D eigenvalue weighted by atomic mass is 32.1. The Bertz CT molecular complexity index is 1210. The molecule has 3 aromatic rings. The first-order valence-electron chi connectivity index (χ1n) is 9.43. The van der Waals surface area contributed by atoms with Crippen LogP contribution in [0.25, 0.3) is 12.2 Å². The number of carbonyl (C=O) groups is 2. The fourth-order valence-electron chi connectivity index (χ4n) is 2.67. The van der Waals surface area contributed by atoms with Crippen molar-refractivity contribution < 1.29 is 18.4 Å². The van der Waals surface area contributed by atoms with E-state index < -0.39 is 11.3 Å². The first kappa shape index (κ1) is 21.4. The zero-order chi connectivity index (χ0) is 21.7. The zero-order valence-corrected chi connectivity index (χ0v) is 17.4. The van der Waals surface area contributed by atoms with E-state index in [1.165, 1.54) is 35.1 Å². The zero-order valence-electron chi connectivity index (χ0n) is 16.6. The number of nitrogens with one attached hydrogen (secondary N) is 1. The van der Waals surface area contributed by atoms with Gasteiger partial charge in [-0.15, -0.1) is 11.3 Å². The molecular weight excluding hydrogens is 407 g/mol. The lowest BCUT2D eigenvalue weighted by Gasteiger charge is -2.11. The van der Waals surface area contributed by atoms with E-state index in [1.807, 2.05) is 13.8 Å². The van der Waals surface area contributed by atoms with Gasteiger partial charge in [0.25, 0.3) is 5.56 Å². The van der Waals surface area contributed by atoms with Crippen LogP contribution in [0.15, 0.2) is 51.9 Å². The monoisotopic (exact) mass is 428 g/mol. The average Bonchev–Trinajstić information content (AvgIpc) is 3.35. The van der Waals surface area contributed by atoms with Gasteiger partial charge in [-0.1, -0.05) is 19.1 Å². The number of furan rings is 1. The number of carbonyl (C=O) groups excluding carboxylic acids is 2. The second-order valence-electron chi connectivity index (χ2n) is 6.75. The van der Waals surface area contributed by atoms with Gasteiger partial charge in [0, 0.05) is 12.1 Å². The lowest BCUT2D eigenvalue weighted by atomic mass is 10.2. The number of hydrogen-bond donors (Lipinski definition) is 1. The van der Waals surface area contributed by atoms with Crippen LogP contribution in [0.3, 0.4) is 0 Å². The van der Waals surface area contributed by atoms with Crippen LogP contribution in [-0.4, -0.2) is 22.3 Å². The molecule has 2 aromatic heterocycles. The van der Waals surface area contributed by atoms with Gasteiger partial charge in [0.1, 0.15) is 17.0 Å². The quantitative estimate of drug-likeness (QED) is 0.584. The highest BCUT2D eigenvalue weighted by molar-refractivity contribution is 7.07. The Labute approximate surface area is 176 Å². The lowest BCUT2D eigenvalue weighted by Crippen LogP contribution is -2.40. The molecule has 1 aromatic carbocycles. The minimum atomic E-state index is -0.411. The predicted octanol–water partition coefficient (Wildman–Crippen LogP) is 2.05. The maximum atomic E-state index is 13.2. The molecule has 3 rings (SSSR count). The summed E-state index contributed by atoms with van der Waals surface area (Å²) in [5.74, 6) is -0.977. The van der Waals surface area contributed by atoms with Crippen molar-refractivity contribution in [1.82, 2.24) is 9.88 Å². The Morgan fingerprint density at radius 1 is 1.27 bits per heavy atom. The molecule has 0 radical (unpaired) electrons. The predicted molar refractivity (Wildman–Crippen MR) is 113 cm³/mol. The summed E-state index contributed by atoms with van der Waals surface area (Å²) in [6.45, 7) is 3.60.